The van der Waals surface area contributed by atoms with Gasteiger partial charge in [0.1, 0.15) is 0 Å². The zero-order valence-corrected chi connectivity index (χ0v) is 12.0. The number of benzene rings is 1. The van der Waals surface area contributed by atoms with Crippen molar-refractivity contribution in [3.05, 3.63) is 24.3 Å². The van der Waals surface area contributed by atoms with Crippen LogP contribution in [0.15, 0.2) is 29.4 Å². The van der Waals surface area contributed by atoms with Crippen LogP contribution in [0.25, 0.3) is 11.4 Å². The van der Waals surface area contributed by atoms with Crippen molar-refractivity contribution in [1.82, 2.24) is 14.9 Å². The van der Waals surface area contributed by atoms with Crippen molar-refractivity contribution in [2.24, 2.45) is 0 Å². The van der Waals surface area contributed by atoms with Crippen LogP contribution in [-0.2, 0) is 4.79 Å². The Bertz CT molecular complexity index is 626. The molecule has 0 unspecified atom stereocenters. The highest BCUT2D eigenvalue weighted by molar-refractivity contribution is 7.99. The molecule has 0 fully saturated rings. The van der Waals surface area contributed by atoms with Gasteiger partial charge in [0.05, 0.1) is 5.75 Å². The second-order valence-corrected chi connectivity index (χ2v) is 5.25. The first-order valence-corrected chi connectivity index (χ1v) is 6.80. The molecule has 106 valence electrons. The van der Waals surface area contributed by atoms with Crippen LogP contribution in [0.2, 0.25) is 0 Å². The molecule has 3 N–H and O–H groups in total. The van der Waals surface area contributed by atoms with E-state index < -0.39 is 5.97 Å². The average molecular weight is 293 g/mol. The lowest BCUT2D eigenvalue weighted by molar-refractivity contribution is -0.133. The third kappa shape index (κ3) is 3.02. The van der Waals surface area contributed by atoms with Gasteiger partial charge in [0.15, 0.2) is 5.82 Å². The van der Waals surface area contributed by atoms with Gasteiger partial charge < -0.3 is 15.8 Å². The Labute approximate surface area is 120 Å². The predicted molar refractivity (Wildman–Crippen MR) is 78.3 cm³/mol. The lowest BCUT2D eigenvalue weighted by atomic mass is 10.2. The number of thioether (sulfide) groups is 1. The van der Waals surface area contributed by atoms with E-state index in [4.69, 9.17) is 10.9 Å². The highest BCUT2D eigenvalue weighted by Crippen LogP contribution is 2.24. The first-order chi connectivity index (χ1) is 9.49. The normalized spacial score (nSPS) is 10.5. The fourth-order valence-electron chi connectivity index (χ4n) is 1.62. The van der Waals surface area contributed by atoms with Crippen LogP contribution < -0.4 is 10.7 Å². The number of carboxylic acid groups (broad SMARTS) is 1. The monoisotopic (exact) mass is 293 g/mol. The van der Waals surface area contributed by atoms with E-state index in [0.29, 0.717) is 11.0 Å². The molecule has 20 heavy (non-hydrogen) atoms. The van der Waals surface area contributed by atoms with E-state index in [0.717, 1.165) is 23.0 Å². The minimum absolute atomic E-state index is 0.104. The fraction of sp³-hybridized carbons (Fsp3) is 0.250. The quantitative estimate of drug-likeness (QED) is 0.624. The summed E-state index contributed by atoms with van der Waals surface area (Å²) in [7, 11) is 3.89. The van der Waals surface area contributed by atoms with Crippen molar-refractivity contribution in [2.75, 3.05) is 30.6 Å². The summed E-state index contributed by atoms with van der Waals surface area (Å²) >= 11 is 1.04. The number of nitrogens with zero attached hydrogens (tertiary/aromatic N) is 4. The summed E-state index contributed by atoms with van der Waals surface area (Å²) in [5, 5.41) is 17.0. The number of aliphatic carboxylic acids is 1. The minimum Gasteiger partial charge on any atom is -0.481 e. The second kappa shape index (κ2) is 5.83. The van der Waals surface area contributed by atoms with Crippen LogP contribution in [0.4, 0.5) is 5.69 Å². The van der Waals surface area contributed by atoms with Crippen molar-refractivity contribution in [3.63, 3.8) is 0 Å². The zero-order valence-electron chi connectivity index (χ0n) is 11.1. The predicted octanol–water partition coefficient (Wildman–Crippen LogP) is 0.902. The molecule has 1 aromatic heterocycles. The molecule has 0 aliphatic rings. The molecule has 0 atom stereocenters. The van der Waals surface area contributed by atoms with E-state index in [1.54, 1.807) is 0 Å². The number of nitrogen functional groups attached to an aromatic ring is 1. The second-order valence-electron chi connectivity index (χ2n) is 4.30. The molecule has 1 aromatic carbocycles. The minimum atomic E-state index is -0.922. The molecule has 2 aromatic rings. The third-order valence-electron chi connectivity index (χ3n) is 2.61. The molecule has 0 saturated carbocycles. The molecule has 0 aliphatic heterocycles. The SMILES string of the molecule is CN(C)c1cccc(-c2nnc(SCC(=O)O)n2N)c1. The topological polar surface area (TPSA) is 97.3 Å². The van der Waals surface area contributed by atoms with E-state index in [9.17, 15) is 4.79 Å². The van der Waals surface area contributed by atoms with Crippen molar-refractivity contribution >= 4 is 23.4 Å². The van der Waals surface area contributed by atoms with Crippen molar-refractivity contribution in [1.29, 1.82) is 0 Å². The van der Waals surface area contributed by atoms with Gasteiger partial charge in [0.2, 0.25) is 5.16 Å². The van der Waals surface area contributed by atoms with Gasteiger partial charge in [0, 0.05) is 25.3 Å². The molecule has 0 amide bonds. The molecule has 0 aliphatic carbocycles. The fourth-order valence-corrected chi connectivity index (χ4v) is 2.20. The maximum Gasteiger partial charge on any atom is 0.313 e. The van der Waals surface area contributed by atoms with Crippen LogP contribution in [0, 0.1) is 0 Å². The molecule has 0 spiro atoms. The Morgan fingerprint density at radius 1 is 1.45 bits per heavy atom. The summed E-state index contributed by atoms with van der Waals surface area (Å²) < 4.78 is 1.31. The Hall–Kier alpha value is -2.22. The molecule has 0 saturated heterocycles. The van der Waals surface area contributed by atoms with Crippen LogP contribution in [0.5, 0.6) is 0 Å². The third-order valence-corrected chi connectivity index (χ3v) is 3.54. The summed E-state index contributed by atoms with van der Waals surface area (Å²) in [6.45, 7) is 0. The molecule has 8 heteroatoms. The van der Waals surface area contributed by atoms with Crippen LogP contribution in [0.1, 0.15) is 0 Å². The summed E-state index contributed by atoms with van der Waals surface area (Å²) in [5.74, 6) is 5.39. The standard InChI is InChI=1S/C12H15N5O2S/c1-16(2)9-5-3-4-8(6-9)11-14-15-12(17(11)13)20-7-10(18)19/h3-6H,7,13H2,1-2H3,(H,18,19). The number of anilines is 1. The molecule has 7 nitrogen and oxygen atoms in total. The number of rotatable bonds is 5. The molecular weight excluding hydrogens is 278 g/mol. The van der Waals surface area contributed by atoms with Gasteiger partial charge >= 0.3 is 5.97 Å². The molecule has 0 bridgehead atoms. The smallest absolute Gasteiger partial charge is 0.313 e. The van der Waals surface area contributed by atoms with Crippen molar-refractivity contribution < 1.29 is 9.90 Å². The van der Waals surface area contributed by atoms with E-state index in [2.05, 4.69) is 10.2 Å². The van der Waals surface area contributed by atoms with Crippen LogP contribution >= 0.6 is 11.8 Å². The van der Waals surface area contributed by atoms with E-state index in [-0.39, 0.29) is 5.75 Å². The maximum absolute atomic E-state index is 10.6. The van der Waals surface area contributed by atoms with E-state index in [1.807, 2.05) is 43.3 Å². The van der Waals surface area contributed by atoms with Gasteiger partial charge in [-0.2, -0.15) is 0 Å². The van der Waals surface area contributed by atoms with Crippen molar-refractivity contribution in [2.45, 2.75) is 5.16 Å². The maximum atomic E-state index is 10.6. The van der Waals surface area contributed by atoms with Gasteiger partial charge in [0.25, 0.3) is 0 Å². The highest BCUT2D eigenvalue weighted by Gasteiger charge is 2.13. The number of aromatic nitrogens is 3. The number of hydrogen-bond acceptors (Lipinski definition) is 6. The molecular formula is C12H15N5O2S. The summed E-state index contributed by atoms with van der Waals surface area (Å²) in [6.07, 6.45) is 0. The summed E-state index contributed by atoms with van der Waals surface area (Å²) in [5.41, 5.74) is 1.85. The Morgan fingerprint density at radius 3 is 2.85 bits per heavy atom. The largest absolute Gasteiger partial charge is 0.481 e. The Morgan fingerprint density at radius 2 is 2.20 bits per heavy atom. The number of hydrogen-bond donors (Lipinski definition) is 2. The molecule has 1 heterocycles. The van der Waals surface area contributed by atoms with Gasteiger partial charge in [-0.15, -0.1) is 10.2 Å². The van der Waals surface area contributed by atoms with E-state index >= 15 is 0 Å². The van der Waals surface area contributed by atoms with Crippen molar-refractivity contribution in [3.8, 4) is 11.4 Å². The van der Waals surface area contributed by atoms with Gasteiger partial charge in [-0.1, -0.05) is 23.9 Å². The Balaban J connectivity index is 2.29. The highest BCUT2D eigenvalue weighted by atomic mass is 32.2. The first kappa shape index (κ1) is 14.2. The van der Waals surface area contributed by atoms with Gasteiger partial charge in [-0.25, -0.2) is 4.68 Å². The number of carboxylic acids is 1. The summed E-state index contributed by atoms with van der Waals surface area (Å²) in [4.78, 5) is 12.5. The van der Waals surface area contributed by atoms with Crippen LogP contribution in [0.3, 0.4) is 0 Å². The van der Waals surface area contributed by atoms with Crippen LogP contribution in [-0.4, -0.2) is 45.8 Å². The van der Waals surface area contributed by atoms with E-state index in [1.165, 1.54) is 4.68 Å². The molecule has 2 rings (SSSR count). The zero-order chi connectivity index (χ0) is 14.7. The Kier molecular flexibility index (Phi) is 4.14. The first-order valence-electron chi connectivity index (χ1n) is 5.82. The lowest BCUT2D eigenvalue weighted by Gasteiger charge is -2.13. The number of carbonyl (C=O) groups is 1. The number of nitrogens with two attached hydrogens (primary N) is 1. The summed E-state index contributed by atoms with van der Waals surface area (Å²) in [6, 6.07) is 7.70. The average Bonchev–Trinajstić information content (AvgIpc) is 2.78. The van der Waals surface area contributed by atoms with Gasteiger partial charge in [-0.05, 0) is 12.1 Å². The molecule has 0 radical (unpaired) electrons. The lowest BCUT2D eigenvalue weighted by Crippen LogP contribution is -2.13. The van der Waals surface area contributed by atoms with Gasteiger partial charge in [-0.3, -0.25) is 4.79 Å².